The third-order valence-corrected chi connectivity index (χ3v) is 1.96. The van der Waals surface area contributed by atoms with Gasteiger partial charge in [0.05, 0.1) is 12.2 Å². The lowest BCUT2D eigenvalue weighted by atomic mass is 10.1. The van der Waals surface area contributed by atoms with Gasteiger partial charge in [-0.1, -0.05) is 0 Å². The standard InChI is InChI=1S/C10H23NO2/c1-7(5-9(3)12)11-8(2)6-10(4)13/h7-13H,5-6H2,1-4H3. The first-order chi connectivity index (χ1) is 5.91. The normalized spacial score (nSPS) is 20.8. The third-order valence-electron chi connectivity index (χ3n) is 1.96. The van der Waals surface area contributed by atoms with Crippen LogP contribution in [0.1, 0.15) is 40.5 Å². The molecule has 0 aliphatic heterocycles. The predicted octanol–water partition coefficient (Wildman–Crippen LogP) is 0.895. The summed E-state index contributed by atoms with van der Waals surface area (Å²) in [5.41, 5.74) is 0. The van der Waals surface area contributed by atoms with Crippen molar-refractivity contribution in [3.05, 3.63) is 0 Å². The summed E-state index contributed by atoms with van der Waals surface area (Å²) in [6, 6.07) is 0.600. The summed E-state index contributed by atoms with van der Waals surface area (Å²) >= 11 is 0. The van der Waals surface area contributed by atoms with Crippen LogP contribution in [0.3, 0.4) is 0 Å². The molecule has 0 aliphatic rings. The van der Waals surface area contributed by atoms with Crippen molar-refractivity contribution in [3.63, 3.8) is 0 Å². The van der Waals surface area contributed by atoms with Crippen LogP contribution in [0.5, 0.6) is 0 Å². The Hall–Kier alpha value is -0.120. The minimum absolute atomic E-state index is 0.263. The fourth-order valence-electron chi connectivity index (χ4n) is 1.65. The summed E-state index contributed by atoms with van der Waals surface area (Å²) in [5, 5.41) is 21.6. The number of aliphatic hydroxyl groups excluding tert-OH is 2. The summed E-state index contributed by atoms with van der Waals surface area (Å²) in [6.07, 6.45) is 0.983. The van der Waals surface area contributed by atoms with Crippen molar-refractivity contribution < 1.29 is 10.2 Å². The summed E-state index contributed by atoms with van der Waals surface area (Å²) in [5.74, 6) is 0. The van der Waals surface area contributed by atoms with Crippen LogP contribution >= 0.6 is 0 Å². The molecule has 0 saturated heterocycles. The second-order valence-electron chi connectivity index (χ2n) is 4.14. The zero-order chi connectivity index (χ0) is 10.4. The molecule has 80 valence electrons. The van der Waals surface area contributed by atoms with Gasteiger partial charge in [-0.25, -0.2) is 0 Å². The van der Waals surface area contributed by atoms with Crippen molar-refractivity contribution in [2.75, 3.05) is 0 Å². The van der Waals surface area contributed by atoms with E-state index in [9.17, 15) is 0 Å². The molecule has 3 heteroatoms. The molecule has 3 nitrogen and oxygen atoms in total. The van der Waals surface area contributed by atoms with E-state index in [0.717, 1.165) is 12.8 Å². The van der Waals surface area contributed by atoms with Crippen molar-refractivity contribution in [2.45, 2.75) is 64.8 Å². The second kappa shape index (κ2) is 6.35. The van der Waals surface area contributed by atoms with Crippen molar-refractivity contribution >= 4 is 0 Å². The molecule has 0 aromatic rings. The molecule has 0 fully saturated rings. The number of rotatable bonds is 6. The van der Waals surface area contributed by atoms with Crippen LogP contribution in [-0.2, 0) is 0 Å². The van der Waals surface area contributed by atoms with Crippen molar-refractivity contribution in [1.29, 1.82) is 0 Å². The minimum Gasteiger partial charge on any atom is -0.393 e. The van der Waals surface area contributed by atoms with E-state index in [1.807, 2.05) is 13.8 Å². The van der Waals surface area contributed by atoms with Crippen LogP contribution in [0.25, 0.3) is 0 Å². The molecule has 0 bridgehead atoms. The van der Waals surface area contributed by atoms with E-state index in [1.165, 1.54) is 0 Å². The summed E-state index contributed by atoms with van der Waals surface area (Å²) in [4.78, 5) is 0. The first-order valence-corrected chi connectivity index (χ1v) is 5.04. The lowest BCUT2D eigenvalue weighted by molar-refractivity contribution is 0.152. The number of hydrogen-bond donors (Lipinski definition) is 3. The molecule has 0 radical (unpaired) electrons. The lowest BCUT2D eigenvalue weighted by Crippen LogP contribution is -2.37. The van der Waals surface area contributed by atoms with Crippen LogP contribution in [-0.4, -0.2) is 34.5 Å². The Morgan fingerprint density at radius 2 is 1.15 bits per heavy atom. The highest BCUT2D eigenvalue weighted by Gasteiger charge is 2.11. The van der Waals surface area contributed by atoms with Gasteiger partial charge in [-0.2, -0.15) is 0 Å². The topological polar surface area (TPSA) is 52.5 Å². The first kappa shape index (κ1) is 12.9. The molecule has 0 aliphatic carbocycles. The maximum absolute atomic E-state index is 9.13. The Morgan fingerprint density at radius 3 is 1.38 bits per heavy atom. The van der Waals surface area contributed by atoms with E-state index in [-0.39, 0.29) is 12.2 Å². The third kappa shape index (κ3) is 8.22. The quantitative estimate of drug-likeness (QED) is 0.582. The van der Waals surface area contributed by atoms with E-state index >= 15 is 0 Å². The molecule has 0 amide bonds. The van der Waals surface area contributed by atoms with E-state index in [2.05, 4.69) is 5.32 Å². The van der Waals surface area contributed by atoms with Gasteiger partial charge < -0.3 is 15.5 Å². The Bertz CT molecular complexity index is 112. The molecule has 0 saturated carbocycles. The molecule has 0 aromatic carbocycles. The van der Waals surface area contributed by atoms with Gasteiger partial charge in [-0.15, -0.1) is 0 Å². The molecule has 13 heavy (non-hydrogen) atoms. The SMILES string of the molecule is CC(O)CC(C)NC(C)CC(C)O. The molecule has 0 rings (SSSR count). The zero-order valence-corrected chi connectivity index (χ0v) is 9.12. The van der Waals surface area contributed by atoms with Crippen LogP contribution in [0.15, 0.2) is 0 Å². The van der Waals surface area contributed by atoms with Gasteiger partial charge in [0.15, 0.2) is 0 Å². The fraction of sp³-hybridized carbons (Fsp3) is 1.00. The molecule has 0 spiro atoms. The van der Waals surface area contributed by atoms with Crippen LogP contribution in [0, 0.1) is 0 Å². The van der Waals surface area contributed by atoms with Gasteiger partial charge in [0, 0.05) is 12.1 Å². The minimum atomic E-state index is -0.263. The van der Waals surface area contributed by atoms with Gasteiger partial charge in [-0.05, 0) is 40.5 Å². The highest BCUT2D eigenvalue weighted by molar-refractivity contribution is 4.70. The van der Waals surface area contributed by atoms with Crippen molar-refractivity contribution in [1.82, 2.24) is 5.32 Å². The average molecular weight is 189 g/mol. The zero-order valence-electron chi connectivity index (χ0n) is 9.12. The number of hydrogen-bond acceptors (Lipinski definition) is 3. The summed E-state index contributed by atoms with van der Waals surface area (Å²) in [7, 11) is 0. The molecule has 0 aromatic heterocycles. The van der Waals surface area contributed by atoms with E-state index in [0.29, 0.717) is 12.1 Å². The summed E-state index contributed by atoms with van der Waals surface area (Å²) < 4.78 is 0. The van der Waals surface area contributed by atoms with Gasteiger partial charge in [0.1, 0.15) is 0 Å². The second-order valence-corrected chi connectivity index (χ2v) is 4.14. The Balaban J connectivity index is 3.58. The predicted molar refractivity (Wildman–Crippen MR) is 54.7 cm³/mol. The molecule has 4 unspecified atom stereocenters. The van der Waals surface area contributed by atoms with Crippen molar-refractivity contribution in [2.24, 2.45) is 0 Å². The maximum atomic E-state index is 9.13. The molecular formula is C10H23NO2. The van der Waals surface area contributed by atoms with Gasteiger partial charge in [-0.3, -0.25) is 0 Å². The number of nitrogens with one attached hydrogen (secondary N) is 1. The lowest BCUT2D eigenvalue weighted by Gasteiger charge is -2.21. The van der Waals surface area contributed by atoms with Crippen molar-refractivity contribution in [3.8, 4) is 0 Å². The maximum Gasteiger partial charge on any atom is 0.0526 e. The van der Waals surface area contributed by atoms with E-state index < -0.39 is 0 Å². The van der Waals surface area contributed by atoms with Gasteiger partial charge in [0.2, 0.25) is 0 Å². The smallest absolute Gasteiger partial charge is 0.0526 e. The van der Waals surface area contributed by atoms with Crippen LogP contribution in [0.4, 0.5) is 0 Å². The Kier molecular flexibility index (Phi) is 6.29. The largest absolute Gasteiger partial charge is 0.393 e. The van der Waals surface area contributed by atoms with Crippen LogP contribution < -0.4 is 5.32 Å². The van der Waals surface area contributed by atoms with E-state index in [1.54, 1.807) is 13.8 Å². The number of aliphatic hydroxyl groups is 2. The average Bonchev–Trinajstić information content (AvgIpc) is 1.80. The monoisotopic (exact) mass is 189 g/mol. The molecular weight excluding hydrogens is 166 g/mol. The molecule has 3 N–H and O–H groups in total. The van der Waals surface area contributed by atoms with E-state index in [4.69, 9.17) is 10.2 Å². The highest BCUT2D eigenvalue weighted by Crippen LogP contribution is 2.02. The first-order valence-electron chi connectivity index (χ1n) is 5.04. The fourth-order valence-corrected chi connectivity index (χ4v) is 1.65. The van der Waals surface area contributed by atoms with Gasteiger partial charge in [0.25, 0.3) is 0 Å². The Labute approximate surface area is 81.2 Å². The summed E-state index contributed by atoms with van der Waals surface area (Å²) in [6.45, 7) is 7.67. The van der Waals surface area contributed by atoms with Crippen LogP contribution in [0.2, 0.25) is 0 Å². The molecule has 4 atom stereocenters. The Morgan fingerprint density at radius 1 is 0.846 bits per heavy atom. The molecule has 0 heterocycles. The highest BCUT2D eigenvalue weighted by atomic mass is 16.3. The van der Waals surface area contributed by atoms with Gasteiger partial charge >= 0.3 is 0 Å².